The van der Waals surface area contributed by atoms with Gasteiger partial charge in [0.25, 0.3) is 0 Å². The van der Waals surface area contributed by atoms with Gasteiger partial charge in [-0.25, -0.2) is 0 Å². The van der Waals surface area contributed by atoms with E-state index >= 15 is 0 Å². The van der Waals surface area contributed by atoms with Crippen molar-refractivity contribution in [2.24, 2.45) is 11.1 Å². The molecule has 1 aromatic carbocycles. The van der Waals surface area contributed by atoms with E-state index in [9.17, 15) is 0 Å². The Kier molecular flexibility index (Phi) is 3.53. The van der Waals surface area contributed by atoms with Gasteiger partial charge in [0.15, 0.2) is 0 Å². The molecule has 0 bridgehead atoms. The van der Waals surface area contributed by atoms with Crippen molar-refractivity contribution in [3.8, 4) is 11.4 Å². The third kappa shape index (κ3) is 2.50. The molecule has 0 fully saturated rings. The van der Waals surface area contributed by atoms with Crippen molar-refractivity contribution in [3.05, 3.63) is 65.0 Å². The lowest BCUT2D eigenvalue weighted by atomic mass is 9.85. The zero-order valence-electron chi connectivity index (χ0n) is 21.0. The Morgan fingerprint density at radius 1 is 1.00 bits per heavy atom. The number of nitrogens with two attached hydrogens (primary N) is 1. The zero-order valence-corrected chi connectivity index (χ0v) is 21.0. The highest BCUT2D eigenvalue weighted by atomic mass is 15.2. The Bertz CT molecular complexity index is 1680. The van der Waals surface area contributed by atoms with Gasteiger partial charge >= 0.3 is 0 Å². The second-order valence-electron chi connectivity index (χ2n) is 12.8. The number of aromatic nitrogens is 3. The number of rotatable bonds is 2. The van der Waals surface area contributed by atoms with Gasteiger partial charge in [-0.15, -0.1) is 0 Å². The second kappa shape index (κ2) is 5.92. The fraction of sp³-hybridized carbons (Fsp3) is 0.367. The molecule has 0 saturated carbocycles. The number of benzene rings is 1. The molecular weight excluding hydrogens is 416 g/mol. The molecule has 1 aliphatic carbocycles. The van der Waals surface area contributed by atoms with Crippen molar-refractivity contribution in [3.63, 3.8) is 0 Å². The van der Waals surface area contributed by atoms with Crippen LogP contribution in [0.15, 0.2) is 42.6 Å². The molecule has 1 atom stereocenters. The van der Waals surface area contributed by atoms with Crippen LogP contribution in [-0.4, -0.2) is 14.0 Å². The first-order chi connectivity index (χ1) is 15.9. The summed E-state index contributed by atoms with van der Waals surface area (Å²) in [4.78, 5) is 4.83. The maximum Gasteiger partial charge on any atom is 0.126 e. The fourth-order valence-corrected chi connectivity index (χ4v) is 6.31. The van der Waals surface area contributed by atoms with Crippen molar-refractivity contribution >= 4 is 33.4 Å². The van der Waals surface area contributed by atoms with Crippen LogP contribution in [-0.2, 0) is 23.9 Å². The van der Waals surface area contributed by atoms with Gasteiger partial charge in [0.1, 0.15) is 5.65 Å². The third-order valence-corrected chi connectivity index (χ3v) is 7.77. The van der Waals surface area contributed by atoms with Gasteiger partial charge < -0.3 is 10.3 Å². The van der Waals surface area contributed by atoms with E-state index in [0.717, 1.165) is 24.4 Å². The molecule has 0 spiro atoms. The van der Waals surface area contributed by atoms with E-state index < -0.39 is 5.54 Å². The molecule has 34 heavy (non-hydrogen) atoms. The monoisotopic (exact) mass is 448 g/mol. The molecule has 2 N–H and O–H groups in total. The smallest absolute Gasteiger partial charge is 0.126 e. The molecule has 4 heteroatoms. The molecule has 1 unspecified atom stereocenters. The first-order valence-corrected chi connectivity index (χ1v) is 12.4. The molecule has 7 rings (SSSR count). The first kappa shape index (κ1) is 20.3. The lowest BCUT2D eigenvalue weighted by molar-refractivity contribution is 0.411. The van der Waals surface area contributed by atoms with E-state index in [1.54, 1.807) is 0 Å². The summed E-state index contributed by atoms with van der Waals surface area (Å²) in [6.07, 6.45) is 7.44. The molecular formula is C30H32N4. The van der Waals surface area contributed by atoms with E-state index in [1.165, 1.54) is 49.7 Å². The van der Waals surface area contributed by atoms with Crippen LogP contribution in [0.3, 0.4) is 0 Å². The average molecular weight is 449 g/mol. The SMILES string of the molecule is CC(C)(C)Cc1ccnc(-c2cc3c4cc(C(C)(C)C)cc5c6c7n(c54)c3n2CC7(N)C=C6)c1. The van der Waals surface area contributed by atoms with Gasteiger partial charge in [0.05, 0.1) is 34.7 Å². The summed E-state index contributed by atoms with van der Waals surface area (Å²) in [7, 11) is 0. The molecule has 1 aliphatic heterocycles. The minimum absolute atomic E-state index is 0.0723. The third-order valence-electron chi connectivity index (χ3n) is 7.77. The summed E-state index contributed by atoms with van der Waals surface area (Å²) < 4.78 is 4.87. The van der Waals surface area contributed by atoms with Crippen molar-refractivity contribution in [1.82, 2.24) is 14.0 Å². The van der Waals surface area contributed by atoms with Gasteiger partial charge in [0, 0.05) is 27.9 Å². The molecule has 4 nitrogen and oxygen atoms in total. The molecule has 5 aromatic rings. The predicted octanol–water partition coefficient (Wildman–Crippen LogP) is 6.63. The topological polar surface area (TPSA) is 48.2 Å². The van der Waals surface area contributed by atoms with Gasteiger partial charge in [-0.05, 0) is 58.7 Å². The van der Waals surface area contributed by atoms with E-state index in [-0.39, 0.29) is 10.8 Å². The summed E-state index contributed by atoms with van der Waals surface area (Å²) in [6, 6.07) is 11.6. The van der Waals surface area contributed by atoms with Crippen LogP contribution >= 0.6 is 0 Å². The molecule has 4 aromatic heterocycles. The largest absolute Gasteiger partial charge is 0.322 e. The summed E-state index contributed by atoms with van der Waals surface area (Å²) in [5.41, 5.74) is 16.9. The quantitative estimate of drug-likeness (QED) is 0.330. The van der Waals surface area contributed by atoms with Gasteiger partial charge in [0.2, 0.25) is 0 Å². The average Bonchev–Trinajstić information content (AvgIpc) is 3.44. The number of nitrogens with zero attached hydrogens (tertiary/aromatic N) is 3. The summed E-state index contributed by atoms with van der Waals surface area (Å²) in [5.74, 6) is 0. The highest BCUT2D eigenvalue weighted by Gasteiger charge is 2.42. The standard InChI is InChI=1S/C30H32N4/c1-28(2,3)15-17-8-10-32-23(11-17)24-14-22-21-13-18(29(4,5)6)12-20-19-7-9-30(31)16-33(24)27(22)34(25(20)21)26(19)30/h7-14H,15-16,31H2,1-6H3. The van der Waals surface area contributed by atoms with Crippen molar-refractivity contribution in [2.75, 3.05) is 0 Å². The number of fused-ring (bicyclic) bond motifs is 2. The predicted molar refractivity (Wildman–Crippen MR) is 142 cm³/mol. The molecule has 5 heterocycles. The van der Waals surface area contributed by atoms with Crippen LogP contribution in [0, 0.1) is 5.41 Å². The summed E-state index contributed by atoms with van der Waals surface area (Å²) in [5, 5.41) is 3.97. The van der Waals surface area contributed by atoms with Crippen LogP contribution in [0.2, 0.25) is 0 Å². The molecule has 0 saturated heterocycles. The van der Waals surface area contributed by atoms with Crippen LogP contribution in [0.1, 0.15) is 63.9 Å². The van der Waals surface area contributed by atoms with Crippen molar-refractivity contribution in [1.29, 1.82) is 0 Å². The lowest BCUT2D eigenvalue weighted by Crippen LogP contribution is -2.41. The molecule has 0 amide bonds. The maximum atomic E-state index is 7.11. The molecule has 172 valence electrons. The Hall–Kier alpha value is -3.11. The van der Waals surface area contributed by atoms with E-state index in [4.69, 9.17) is 10.7 Å². The summed E-state index contributed by atoms with van der Waals surface area (Å²) >= 11 is 0. The van der Waals surface area contributed by atoms with Gasteiger partial charge in [-0.3, -0.25) is 9.38 Å². The van der Waals surface area contributed by atoms with Crippen LogP contribution < -0.4 is 5.73 Å². The van der Waals surface area contributed by atoms with E-state index in [2.05, 4.69) is 93.0 Å². The van der Waals surface area contributed by atoms with Crippen LogP contribution in [0.25, 0.3) is 44.8 Å². The minimum Gasteiger partial charge on any atom is -0.322 e. The fourth-order valence-electron chi connectivity index (χ4n) is 6.31. The zero-order chi connectivity index (χ0) is 23.8. The number of hydrogen-bond donors (Lipinski definition) is 1. The Morgan fingerprint density at radius 3 is 2.50 bits per heavy atom. The molecule has 0 radical (unpaired) electrons. The maximum absolute atomic E-state index is 7.11. The summed E-state index contributed by atoms with van der Waals surface area (Å²) in [6.45, 7) is 14.5. The van der Waals surface area contributed by atoms with Gasteiger partial charge in [-0.1, -0.05) is 53.7 Å². The highest BCUT2D eigenvalue weighted by Crippen LogP contribution is 2.50. The van der Waals surface area contributed by atoms with E-state index in [1.807, 2.05) is 6.20 Å². The van der Waals surface area contributed by atoms with Crippen molar-refractivity contribution < 1.29 is 0 Å². The minimum atomic E-state index is -0.501. The number of pyridine rings is 1. The van der Waals surface area contributed by atoms with Crippen LogP contribution in [0.4, 0.5) is 0 Å². The first-order valence-electron chi connectivity index (χ1n) is 12.4. The Morgan fingerprint density at radius 2 is 1.76 bits per heavy atom. The Balaban J connectivity index is 1.57. The molecule has 2 aliphatic rings. The second-order valence-corrected chi connectivity index (χ2v) is 12.8. The lowest BCUT2D eigenvalue weighted by Gasteiger charge is -2.30. The normalized spacial score (nSPS) is 19.6. The van der Waals surface area contributed by atoms with Crippen LogP contribution in [0.5, 0.6) is 0 Å². The Labute approximate surface area is 200 Å². The highest BCUT2D eigenvalue weighted by molar-refractivity contribution is 6.18. The van der Waals surface area contributed by atoms with E-state index in [0.29, 0.717) is 0 Å². The number of hydrogen-bond acceptors (Lipinski definition) is 2. The van der Waals surface area contributed by atoms with Gasteiger partial charge in [-0.2, -0.15) is 0 Å². The van der Waals surface area contributed by atoms with Crippen molar-refractivity contribution in [2.45, 2.75) is 65.5 Å².